The van der Waals surface area contributed by atoms with Crippen molar-refractivity contribution in [2.75, 3.05) is 0 Å². The Hall–Kier alpha value is -6.90. The van der Waals surface area contributed by atoms with E-state index in [0.717, 1.165) is 5.69 Å². The summed E-state index contributed by atoms with van der Waals surface area (Å²) < 4.78 is 4.80. The summed E-state index contributed by atoms with van der Waals surface area (Å²) in [7, 11) is 0. The van der Waals surface area contributed by atoms with Gasteiger partial charge in [-0.3, -0.25) is 0 Å². The van der Waals surface area contributed by atoms with Crippen molar-refractivity contribution < 1.29 is 0 Å². The molecule has 0 fully saturated rings. The molecule has 9 aromatic carbocycles. The molecule has 242 valence electrons. The quantitative estimate of drug-likeness (QED) is 0.166. The fourth-order valence-electron chi connectivity index (χ4n) is 8.53. The summed E-state index contributed by atoms with van der Waals surface area (Å²) in [6.45, 7) is 0. The van der Waals surface area contributed by atoms with Gasteiger partial charge in [-0.25, -0.2) is 0 Å². The predicted molar refractivity (Wildman–Crippen MR) is 221 cm³/mol. The summed E-state index contributed by atoms with van der Waals surface area (Å²) in [5.41, 5.74) is 12.0. The molecule has 0 saturated heterocycles. The van der Waals surface area contributed by atoms with Crippen molar-refractivity contribution in [2.24, 2.45) is 0 Å². The Morgan fingerprint density at radius 1 is 0.269 bits per heavy atom. The van der Waals surface area contributed by atoms with Crippen molar-refractivity contribution in [3.8, 4) is 33.6 Å². The van der Waals surface area contributed by atoms with Gasteiger partial charge in [0, 0.05) is 32.9 Å². The van der Waals surface area contributed by atoms with Gasteiger partial charge in [-0.1, -0.05) is 127 Å². The molecule has 11 rings (SSSR count). The fourth-order valence-corrected chi connectivity index (χ4v) is 8.53. The Morgan fingerprint density at radius 2 is 0.808 bits per heavy atom. The van der Waals surface area contributed by atoms with Crippen molar-refractivity contribution >= 4 is 65.2 Å². The smallest absolute Gasteiger partial charge is 0.0547 e. The molecule has 0 spiro atoms. The van der Waals surface area contributed by atoms with Crippen LogP contribution in [0.4, 0.5) is 0 Å². The number of nitrogens with zero attached hydrogens (tertiary/aromatic N) is 2. The molecule has 0 aliphatic carbocycles. The zero-order valence-electron chi connectivity index (χ0n) is 28.4. The first kappa shape index (κ1) is 28.9. The van der Waals surface area contributed by atoms with E-state index in [-0.39, 0.29) is 0 Å². The van der Waals surface area contributed by atoms with Gasteiger partial charge in [-0.05, 0) is 111 Å². The summed E-state index contributed by atoms with van der Waals surface area (Å²) in [6.07, 6.45) is 0. The molecule has 0 aliphatic heterocycles. The number of para-hydroxylation sites is 3. The zero-order chi connectivity index (χ0) is 34.2. The monoisotopic (exact) mass is 660 g/mol. The van der Waals surface area contributed by atoms with E-state index in [9.17, 15) is 0 Å². The lowest BCUT2D eigenvalue weighted by molar-refractivity contribution is 1.18. The first-order valence-electron chi connectivity index (χ1n) is 17.9. The zero-order valence-corrected chi connectivity index (χ0v) is 28.4. The highest BCUT2D eigenvalue weighted by Gasteiger charge is 2.18. The van der Waals surface area contributed by atoms with Crippen molar-refractivity contribution in [1.29, 1.82) is 0 Å². The minimum atomic E-state index is 1.16. The largest absolute Gasteiger partial charge is 0.309 e. The van der Waals surface area contributed by atoms with Crippen LogP contribution in [-0.4, -0.2) is 9.13 Å². The SMILES string of the molecule is c1ccc(-n2c3ccccc3c3cc(-c4ccc5c(c4)c4c(-c6ccc7c(ccc8ccccc87)c6)cccc4n5-c4ccccc4)ccc32)cc1. The third kappa shape index (κ3) is 4.31. The number of hydrogen-bond donors (Lipinski definition) is 0. The van der Waals surface area contributed by atoms with Gasteiger partial charge in [0.15, 0.2) is 0 Å². The average Bonchev–Trinajstić information content (AvgIpc) is 3.73. The average molecular weight is 661 g/mol. The molecule has 0 saturated carbocycles. The topological polar surface area (TPSA) is 9.86 Å². The third-order valence-electron chi connectivity index (χ3n) is 10.9. The highest BCUT2D eigenvalue weighted by atomic mass is 15.0. The van der Waals surface area contributed by atoms with Crippen molar-refractivity contribution in [3.05, 3.63) is 194 Å². The normalized spacial score (nSPS) is 11.8. The molecule has 0 bridgehead atoms. The maximum atomic E-state index is 2.42. The van der Waals surface area contributed by atoms with Gasteiger partial charge in [0.05, 0.1) is 22.1 Å². The lowest BCUT2D eigenvalue weighted by atomic mass is 9.94. The van der Waals surface area contributed by atoms with Crippen LogP contribution in [0.3, 0.4) is 0 Å². The van der Waals surface area contributed by atoms with E-state index in [1.165, 1.54) is 93.1 Å². The lowest BCUT2D eigenvalue weighted by Crippen LogP contribution is -1.93. The van der Waals surface area contributed by atoms with E-state index in [4.69, 9.17) is 0 Å². The Morgan fingerprint density at radius 3 is 1.58 bits per heavy atom. The second kappa shape index (κ2) is 11.3. The molecule has 2 aromatic heterocycles. The van der Waals surface area contributed by atoms with E-state index in [0.29, 0.717) is 0 Å². The Balaban J connectivity index is 1.15. The molecule has 0 atom stereocenters. The highest BCUT2D eigenvalue weighted by Crippen LogP contribution is 2.42. The lowest BCUT2D eigenvalue weighted by Gasteiger charge is -2.10. The highest BCUT2D eigenvalue weighted by molar-refractivity contribution is 6.18. The van der Waals surface area contributed by atoms with Crippen LogP contribution in [0.25, 0.3) is 98.8 Å². The Kier molecular flexibility index (Phi) is 6.28. The number of aromatic nitrogens is 2. The van der Waals surface area contributed by atoms with Crippen LogP contribution < -0.4 is 0 Å². The van der Waals surface area contributed by atoms with Crippen LogP contribution in [0.1, 0.15) is 0 Å². The fraction of sp³-hybridized carbons (Fsp3) is 0. The minimum Gasteiger partial charge on any atom is -0.309 e. The summed E-state index contributed by atoms with van der Waals surface area (Å²) in [5, 5.41) is 10.1. The van der Waals surface area contributed by atoms with Crippen LogP contribution >= 0.6 is 0 Å². The second-order valence-electron chi connectivity index (χ2n) is 13.7. The van der Waals surface area contributed by atoms with Gasteiger partial charge < -0.3 is 9.13 Å². The van der Waals surface area contributed by atoms with Gasteiger partial charge in [-0.2, -0.15) is 0 Å². The molecule has 2 heteroatoms. The molecule has 0 unspecified atom stereocenters. The molecule has 0 aliphatic rings. The van der Waals surface area contributed by atoms with E-state index in [1.54, 1.807) is 0 Å². The Labute approximate surface area is 301 Å². The molecule has 2 heterocycles. The van der Waals surface area contributed by atoms with Crippen LogP contribution in [-0.2, 0) is 0 Å². The molecule has 11 aromatic rings. The second-order valence-corrected chi connectivity index (χ2v) is 13.7. The van der Waals surface area contributed by atoms with Crippen molar-refractivity contribution in [2.45, 2.75) is 0 Å². The van der Waals surface area contributed by atoms with Gasteiger partial charge in [0.1, 0.15) is 0 Å². The van der Waals surface area contributed by atoms with Gasteiger partial charge in [0.2, 0.25) is 0 Å². The summed E-state index contributed by atoms with van der Waals surface area (Å²) in [5.74, 6) is 0. The van der Waals surface area contributed by atoms with E-state index in [1.807, 2.05) is 0 Å². The van der Waals surface area contributed by atoms with E-state index < -0.39 is 0 Å². The maximum Gasteiger partial charge on any atom is 0.0547 e. The molecule has 52 heavy (non-hydrogen) atoms. The van der Waals surface area contributed by atoms with E-state index in [2.05, 4.69) is 203 Å². The standard InChI is InChI=1S/C50H32N2/c1-3-13-38(14-4-1)51-46-20-10-9-18-43(46)44-31-34(25-28-47(44)51)35-26-29-48-45(32-35)50-42(19-11-21-49(50)52(48)39-15-5-2-6-16-39)37-24-27-41-36(30-37)23-22-33-12-7-8-17-40(33)41/h1-32H. The molecular formula is C50H32N2. The molecule has 0 amide bonds. The van der Waals surface area contributed by atoms with Crippen LogP contribution in [0.15, 0.2) is 194 Å². The van der Waals surface area contributed by atoms with Gasteiger partial charge >= 0.3 is 0 Å². The minimum absolute atomic E-state index is 1.16. The summed E-state index contributed by atoms with van der Waals surface area (Å²) in [4.78, 5) is 0. The number of benzene rings is 9. The first-order chi connectivity index (χ1) is 25.8. The molecule has 2 nitrogen and oxygen atoms in total. The van der Waals surface area contributed by atoms with Crippen molar-refractivity contribution in [1.82, 2.24) is 9.13 Å². The van der Waals surface area contributed by atoms with Gasteiger partial charge in [0.25, 0.3) is 0 Å². The van der Waals surface area contributed by atoms with Crippen molar-refractivity contribution in [3.63, 3.8) is 0 Å². The summed E-state index contributed by atoms with van der Waals surface area (Å²) in [6, 6.07) is 71.0. The number of hydrogen-bond acceptors (Lipinski definition) is 0. The number of rotatable bonds is 4. The first-order valence-corrected chi connectivity index (χ1v) is 17.9. The van der Waals surface area contributed by atoms with Gasteiger partial charge in [-0.15, -0.1) is 0 Å². The van der Waals surface area contributed by atoms with E-state index >= 15 is 0 Å². The number of fused-ring (bicyclic) bond motifs is 9. The van der Waals surface area contributed by atoms with Crippen LogP contribution in [0.2, 0.25) is 0 Å². The Bertz CT molecular complexity index is 3160. The predicted octanol–water partition coefficient (Wildman–Crippen LogP) is 13.5. The maximum absolute atomic E-state index is 2.42. The molecule has 0 radical (unpaired) electrons. The van der Waals surface area contributed by atoms with Crippen LogP contribution in [0, 0.1) is 0 Å². The van der Waals surface area contributed by atoms with Crippen LogP contribution in [0.5, 0.6) is 0 Å². The molecule has 0 N–H and O–H groups in total. The summed E-state index contributed by atoms with van der Waals surface area (Å²) >= 11 is 0. The molecular weight excluding hydrogens is 629 g/mol. The third-order valence-corrected chi connectivity index (χ3v) is 10.9.